The first-order valence-corrected chi connectivity index (χ1v) is 10.9. The van der Waals surface area contributed by atoms with E-state index in [9.17, 15) is 4.79 Å². The predicted octanol–water partition coefficient (Wildman–Crippen LogP) is 4.46. The SMILES string of the molecule is CCOC(=O)C1=C[C@@H](c2cccnc2)N2[C@@H](C1)O[C@@H]1Cc3cccc(C(C)C)c3[C@@H]12. The molecule has 0 N–H and O–H groups in total. The molecule has 5 nitrogen and oxygen atoms in total. The average Bonchev–Trinajstić information content (AvgIpc) is 3.28. The number of benzene rings is 1. The third kappa shape index (κ3) is 3.08. The lowest BCUT2D eigenvalue weighted by molar-refractivity contribution is -0.139. The van der Waals surface area contributed by atoms with Crippen molar-refractivity contribution in [1.29, 1.82) is 0 Å². The summed E-state index contributed by atoms with van der Waals surface area (Å²) >= 11 is 0. The van der Waals surface area contributed by atoms with E-state index in [2.05, 4.69) is 54.1 Å². The number of fused-ring (bicyclic) bond motifs is 5. The van der Waals surface area contributed by atoms with Gasteiger partial charge in [-0.05, 0) is 41.2 Å². The van der Waals surface area contributed by atoms with E-state index >= 15 is 0 Å². The topological polar surface area (TPSA) is 51.7 Å². The van der Waals surface area contributed by atoms with Crippen molar-refractivity contribution in [3.8, 4) is 0 Å². The highest BCUT2D eigenvalue weighted by atomic mass is 16.5. The van der Waals surface area contributed by atoms with Crippen LogP contribution in [0.15, 0.2) is 54.4 Å². The Labute approximate surface area is 177 Å². The first kappa shape index (κ1) is 19.5. The van der Waals surface area contributed by atoms with E-state index < -0.39 is 0 Å². The van der Waals surface area contributed by atoms with Crippen LogP contribution in [0.5, 0.6) is 0 Å². The molecule has 4 atom stereocenters. The van der Waals surface area contributed by atoms with Crippen LogP contribution in [-0.2, 0) is 20.7 Å². The number of rotatable bonds is 4. The number of hydrogen-bond acceptors (Lipinski definition) is 5. The van der Waals surface area contributed by atoms with Gasteiger partial charge in [-0.2, -0.15) is 0 Å². The standard InChI is InChI=1S/C25H28N2O3/c1-4-29-25(28)18-11-20(17-8-6-10-26-14-17)27-22(13-18)30-21-12-16-7-5-9-19(15(2)3)23(16)24(21)27/h5-11,14-15,20-22,24H,4,12-13H2,1-3H3/t20-,21+,22+,24+/m0/s1. The van der Waals surface area contributed by atoms with Crippen molar-refractivity contribution < 1.29 is 14.3 Å². The Kier molecular flexibility index (Phi) is 4.95. The number of carbonyl (C=O) groups is 1. The number of esters is 1. The quantitative estimate of drug-likeness (QED) is 0.704. The molecule has 1 fully saturated rings. The molecule has 2 aliphatic heterocycles. The zero-order valence-electron chi connectivity index (χ0n) is 17.7. The van der Waals surface area contributed by atoms with Gasteiger partial charge in [0.2, 0.25) is 0 Å². The van der Waals surface area contributed by atoms with Gasteiger partial charge < -0.3 is 9.47 Å². The molecule has 1 saturated heterocycles. The molecule has 2 aromatic rings. The molecule has 1 aromatic heterocycles. The average molecular weight is 405 g/mol. The molecule has 30 heavy (non-hydrogen) atoms. The lowest BCUT2D eigenvalue weighted by Gasteiger charge is -2.38. The maximum atomic E-state index is 12.6. The van der Waals surface area contributed by atoms with Crippen LogP contribution in [0.2, 0.25) is 0 Å². The summed E-state index contributed by atoms with van der Waals surface area (Å²) in [6, 6.07) is 10.8. The molecule has 1 aliphatic carbocycles. The molecule has 1 aromatic carbocycles. The molecule has 0 unspecified atom stereocenters. The summed E-state index contributed by atoms with van der Waals surface area (Å²) in [6.07, 6.45) is 7.19. The van der Waals surface area contributed by atoms with Crippen LogP contribution in [0, 0.1) is 0 Å². The second-order valence-corrected chi connectivity index (χ2v) is 8.65. The van der Waals surface area contributed by atoms with E-state index in [1.54, 1.807) is 6.20 Å². The molecule has 5 heteroatoms. The Bertz CT molecular complexity index is 985. The summed E-state index contributed by atoms with van der Waals surface area (Å²) in [5.41, 5.74) is 5.98. The van der Waals surface area contributed by atoms with Crippen LogP contribution in [0.4, 0.5) is 0 Å². The van der Waals surface area contributed by atoms with Crippen LogP contribution < -0.4 is 0 Å². The first-order chi connectivity index (χ1) is 14.6. The number of aromatic nitrogens is 1. The van der Waals surface area contributed by atoms with Gasteiger partial charge in [-0.25, -0.2) is 4.79 Å². The lowest BCUT2D eigenvalue weighted by Crippen LogP contribution is -2.40. The number of ether oxygens (including phenoxy) is 2. The van der Waals surface area contributed by atoms with Gasteiger partial charge in [-0.1, -0.05) is 44.2 Å². The lowest BCUT2D eigenvalue weighted by atomic mass is 9.89. The van der Waals surface area contributed by atoms with E-state index in [0.717, 1.165) is 12.0 Å². The summed E-state index contributed by atoms with van der Waals surface area (Å²) in [4.78, 5) is 19.4. The molecular weight excluding hydrogens is 376 g/mol. The van der Waals surface area contributed by atoms with Crippen molar-refractivity contribution in [3.63, 3.8) is 0 Å². The van der Waals surface area contributed by atoms with Gasteiger partial charge in [-0.15, -0.1) is 0 Å². The van der Waals surface area contributed by atoms with Crippen LogP contribution in [0.1, 0.15) is 67.4 Å². The Morgan fingerprint density at radius 2 is 2.13 bits per heavy atom. The van der Waals surface area contributed by atoms with Crippen LogP contribution in [0.25, 0.3) is 0 Å². The number of pyridine rings is 1. The van der Waals surface area contributed by atoms with Gasteiger partial charge in [0, 0.05) is 30.8 Å². The summed E-state index contributed by atoms with van der Waals surface area (Å²) in [6.45, 7) is 6.72. The highest BCUT2D eigenvalue weighted by Gasteiger charge is 2.52. The maximum Gasteiger partial charge on any atom is 0.333 e. The van der Waals surface area contributed by atoms with Crippen molar-refractivity contribution in [3.05, 3.63) is 76.6 Å². The van der Waals surface area contributed by atoms with Gasteiger partial charge in [0.1, 0.15) is 6.23 Å². The van der Waals surface area contributed by atoms with Gasteiger partial charge >= 0.3 is 5.97 Å². The van der Waals surface area contributed by atoms with Gasteiger partial charge in [0.15, 0.2) is 0 Å². The molecular formula is C25H28N2O3. The molecule has 156 valence electrons. The van der Waals surface area contributed by atoms with E-state index in [0.29, 0.717) is 24.5 Å². The molecule has 0 bridgehead atoms. The first-order valence-electron chi connectivity index (χ1n) is 10.9. The van der Waals surface area contributed by atoms with Gasteiger partial charge in [-0.3, -0.25) is 9.88 Å². The van der Waals surface area contributed by atoms with Crippen molar-refractivity contribution in [2.45, 2.75) is 63.9 Å². The van der Waals surface area contributed by atoms with Crippen molar-refractivity contribution in [1.82, 2.24) is 9.88 Å². The Balaban J connectivity index is 1.61. The minimum atomic E-state index is -0.241. The smallest absolute Gasteiger partial charge is 0.333 e. The van der Waals surface area contributed by atoms with E-state index in [1.807, 2.05) is 19.2 Å². The fourth-order valence-corrected chi connectivity index (χ4v) is 5.34. The van der Waals surface area contributed by atoms with E-state index in [-0.39, 0.29) is 30.4 Å². The molecule has 5 rings (SSSR count). The van der Waals surface area contributed by atoms with Gasteiger partial charge in [0.25, 0.3) is 0 Å². The zero-order chi connectivity index (χ0) is 20.8. The van der Waals surface area contributed by atoms with Gasteiger partial charge in [0.05, 0.1) is 24.8 Å². The predicted molar refractivity (Wildman–Crippen MR) is 114 cm³/mol. The summed E-state index contributed by atoms with van der Waals surface area (Å²) < 4.78 is 11.9. The fourth-order valence-electron chi connectivity index (χ4n) is 5.34. The molecule has 3 heterocycles. The third-order valence-electron chi connectivity index (χ3n) is 6.55. The Morgan fingerprint density at radius 3 is 2.87 bits per heavy atom. The molecule has 3 aliphatic rings. The summed E-state index contributed by atoms with van der Waals surface area (Å²) in [7, 11) is 0. The highest BCUT2D eigenvalue weighted by Crippen LogP contribution is 2.53. The van der Waals surface area contributed by atoms with Crippen LogP contribution >= 0.6 is 0 Å². The zero-order valence-corrected chi connectivity index (χ0v) is 17.7. The second-order valence-electron chi connectivity index (χ2n) is 8.65. The van der Waals surface area contributed by atoms with Crippen molar-refractivity contribution >= 4 is 5.97 Å². The van der Waals surface area contributed by atoms with E-state index in [1.165, 1.54) is 16.7 Å². The molecule has 0 radical (unpaired) electrons. The highest BCUT2D eigenvalue weighted by molar-refractivity contribution is 5.89. The van der Waals surface area contributed by atoms with Crippen LogP contribution in [-0.4, -0.2) is 34.8 Å². The second kappa shape index (κ2) is 7.64. The third-order valence-corrected chi connectivity index (χ3v) is 6.55. The Morgan fingerprint density at radius 1 is 1.27 bits per heavy atom. The summed E-state index contributed by atoms with van der Waals surface area (Å²) in [5.74, 6) is 0.208. The number of hydrogen-bond donors (Lipinski definition) is 0. The minimum Gasteiger partial charge on any atom is -0.463 e. The molecule has 0 spiro atoms. The number of carbonyl (C=O) groups excluding carboxylic acids is 1. The monoisotopic (exact) mass is 404 g/mol. The molecule has 0 saturated carbocycles. The van der Waals surface area contributed by atoms with Crippen LogP contribution in [0.3, 0.4) is 0 Å². The number of nitrogens with zero attached hydrogens (tertiary/aromatic N) is 2. The Hall–Kier alpha value is -2.50. The summed E-state index contributed by atoms with van der Waals surface area (Å²) in [5, 5.41) is 0. The maximum absolute atomic E-state index is 12.6. The largest absolute Gasteiger partial charge is 0.463 e. The van der Waals surface area contributed by atoms with Crippen molar-refractivity contribution in [2.24, 2.45) is 0 Å². The fraction of sp³-hybridized carbons (Fsp3) is 0.440. The normalized spacial score (nSPS) is 27.4. The minimum absolute atomic E-state index is 0.0713. The van der Waals surface area contributed by atoms with Crippen molar-refractivity contribution in [2.75, 3.05) is 6.61 Å². The molecule has 0 amide bonds. The van der Waals surface area contributed by atoms with E-state index in [4.69, 9.17) is 9.47 Å².